The molecule has 8 heteroatoms. The zero-order valence-corrected chi connectivity index (χ0v) is 20.3. The van der Waals surface area contributed by atoms with Crippen LogP contribution in [-0.2, 0) is 9.53 Å². The number of aliphatic hydroxyl groups excluding tert-OH is 1. The van der Waals surface area contributed by atoms with E-state index in [1.54, 1.807) is 17.0 Å². The highest BCUT2D eigenvalue weighted by molar-refractivity contribution is 6.15. The molecule has 188 valence electrons. The van der Waals surface area contributed by atoms with Gasteiger partial charge in [0.25, 0.3) is 5.91 Å². The van der Waals surface area contributed by atoms with E-state index in [1.807, 2.05) is 24.3 Å². The Bertz CT molecular complexity index is 1030. The second kappa shape index (κ2) is 12.0. The molecular formula is C27H34N2O6. The number of furan rings is 1. The van der Waals surface area contributed by atoms with Crippen LogP contribution in [0.2, 0.25) is 0 Å². The maximum atomic E-state index is 13.3. The summed E-state index contributed by atoms with van der Waals surface area (Å²) in [6, 6.07) is 9.87. The number of benzene rings is 1. The number of amides is 1. The number of ether oxygens (including phenoxy) is 2. The van der Waals surface area contributed by atoms with E-state index >= 15 is 0 Å². The topological polar surface area (TPSA) is 92.5 Å². The molecule has 0 bridgehead atoms. The van der Waals surface area contributed by atoms with Crippen LogP contribution in [-0.4, -0.2) is 72.6 Å². The molecule has 0 radical (unpaired) electrons. The normalized spacial score (nSPS) is 18.9. The van der Waals surface area contributed by atoms with Crippen LogP contribution in [0.5, 0.6) is 5.75 Å². The fourth-order valence-electron chi connectivity index (χ4n) is 4.61. The Kier molecular flexibility index (Phi) is 8.60. The molecule has 1 atom stereocenters. The summed E-state index contributed by atoms with van der Waals surface area (Å²) in [5, 5.41) is 10.8. The Balaban J connectivity index is 1.57. The van der Waals surface area contributed by atoms with Gasteiger partial charge in [-0.05, 0) is 42.7 Å². The van der Waals surface area contributed by atoms with E-state index in [-0.39, 0.29) is 11.3 Å². The van der Waals surface area contributed by atoms with Crippen LogP contribution in [0.4, 0.5) is 0 Å². The van der Waals surface area contributed by atoms with Crippen molar-refractivity contribution in [3.05, 3.63) is 65.3 Å². The van der Waals surface area contributed by atoms with Gasteiger partial charge in [0.1, 0.15) is 5.75 Å². The number of aliphatic hydroxyl groups is 1. The number of unbranched alkanes of at least 4 members (excludes halogenated alkanes) is 2. The first kappa shape index (κ1) is 25.0. The Morgan fingerprint density at radius 1 is 1.11 bits per heavy atom. The number of carbonyl (C=O) groups excluding carboxylic acids is 2. The van der Waals surface area contributed by atoms with E-state index < -0.39 is 23.5 Å². The summed E-state index contributed by atoms with van der Waals surface area (Å²) < 4.78 is 16.6. The van der Waals surface area contributed by atoms with Crippen LogP contribution in [0.3, 0.4) is 0 Å². The van der Waals surface area contributed by atoms with Gasteiger partial charge in [0, 0.05) is 26.2 Å². The predicted molar refractivity (Wildman–Crippen MR) is 130 cm³/mol. The number of carbonyl (C=O) groups is 2. The Labute approximate surface area is 206 Å². The lowest BCUT2D eigenvalue weighted by molar-refractivity contribution is -0.129. The third kappa shape index (κ3) is 5.94. The van der Waals surface area contributed by atoms with E-state index in [0.717, 1.165) is 44.5 Å². The number of nitrogens with zero attached hydrogens (tertiary/aromatic N) is 2. The molecule has 1 saturated heterocycles. The van der Waals surface area contributed by atoms with Crippen molar-refractivity contribution in [1.82, 2.24) is 9.80 Å². The van der Waals surface area contributed by atoms with Crippen molar-refractivity contribution < 1.29 is 28.6 Å². The summed E-state index contributed by atoms with van der Waals surface area (Å²) in [7, 11) is 0. The molecule has 1 unspecified atom stereocenters. The van der Waals surface area contributed by atoms with Gasteiger partial charge in [-0.25, -0.2) is 0 Å². The van der Waals surface area contributed by atoms with E-state index in [1.165, 1.54) is 6.26 Å². The first-order chi connectivity index (χ1) is 17.1. The molecule has 0 saturated carbocycles. The smallest absolute Gasteiger partial charge is 0.290 e. The number of ketones is 1. The van der Waals surface area contributed by atoms with Crippen molar-refractivity contribution in [3.63, 3.8) is 0 Å². The molecule has 2 aliphatic heterocycles. The average Bonchev–Trinajstić information content (AvgIpc) is 3.50. The van der Waals surface area contributed by atoms with Crippen LogP contribution in [0.15, 0.2) is 58.4 Å². The number of hydrogen-bond donors (Lipinski definition) is 1. The predicted octanol–water partition coefficient (Wildman–Crippen LogP) is 4.15. The van der Waals surface area contributed by atoms with Gasteiger partial charge in [-0.15, -0.1) is 0 Å². The lowest BCUT2D eigenvalue weighted by Crippen LogP contribution is -2.39. The molecule has 3 heterocycles. The van der Waals surface area contributed by atoms with Gasteiger partial charge in [-0.2, -0.15) is 0 Å². The van der Waals surface area contributed by atoms with Gasteiger partial charge >= 0.3 is 0 Å². The third-order valence-corrected chi connectivity index (χ3v) is 6.46. The average molecular weight is 483 g/mol. The van der Waals surface area contributed by atoms with Gasteiger partial charge in [-0.3, -0.25) is 14.5 Å². The number of rotatable bonds is 12. The lowest BCUT2D eigenvalue weighted by Gasteiger charge is -2.30. The van der Waals surface area contributed by atoms with Gasteiger partial charge in [0.05, 0.1) is 37.7 Å². The highest BCUT2D eigenvalue weighted by Gasteiger charge is 2.44. The quantitative estimate of drug-likeness (QED) is 0.359. The van der Waals surface area contributed by atoms with Gasteiger partial charge in [0.2, 0.25) is 5.78 Å². The maximum absolute atomic E-state index is 13.3. The minimum atomic E-state index is -0.719. The number of hydrogen-bond acceptors (Lipinski definition) is 7. The fraction of sp³-hybridized carbons (Fsp3) is 0.481. The highest BCUT2D eigenvalue weighted by Crippen LogP contribution is 2.40. The summed E-state index contributed by atoms with van der Waals surface area (Å²) in [5.41, 5.74) is 0.760. The summed E-state index contributed by atoms with van der Waals surface area (Å²) in [6.45, 7) is 7.09. The van der Waals surface area contributed by atoms with Crippen LogP contribution in [0, 0.1) is 0 Å². The Morgan fingerprint density at radius 3 is 2.69 bits per heavy atom. The zero-order chi connectivity index (χ0) is 24.6. The Morgan fingerprint density at radius 2 is 1.94 bits per heavy atom. The van der Waals surface area contributed by atoms with E-state index in [2.05, 4.69) is 11.8 Å². The first-order valence-corrected chi connectivity index (χ1v) is 12.4. The van der Waals surface area contributed by atoms with Crippen LogP contribution < -0.4 is 4.74 Å². The second-order valence-corrected chi connectivity index (χ2v) is 8.91. The zero-order valence-electron chi connectivity index (χ0n) is 20.3. The minimum absolute atomic E-state index is 0.0412. The van der Waals surface area contributed by atoms with Crippen LogP contribution in [0.1, 0.15) is 54.8 Å². The lowest BCUT2D eigenvalue weighted by atomic mass is 9.95. The largest absolute Gasteiger partial charge is 0.503 e. The van der Waals surface area contributed by atoms with Crippen LogP contribution >= 0.6 is 0 Å². The second-order valence-electron chi connectivity index (χ2n) is 8.91. The van der Waals surface area contributed by atoms with Gasteiger partial charge in [0.15, 0.2) is 11.5 Å². The molecule has 4 rings (SSSR count). The molecule has 35 heavy (non-hydrogen) atoms. The monoisotopic (exact) mass is 482 g/mol. The minimum Gasteiger partial charge on any atom is -0.503 e. The highest BCUT2D eigenvalue weighted by atomic mass is 16.5. The molecule has 1 aromatic carbocycles. The van der Waals surface area contributed by atoms with Crippen molar-refractivity contribution in [2.75, 3.05) is 46.0 Å². The molecule has 0 spiro atoms. The van der Waals surface area contributed by atoms with E-state index in [0.29, 0.717) is 38.5 Å². The molecule has 1 amide bonds. The van der Waals surface area contributed by atoms with E-state index in [4.69, 9.17) is 13.9 Å². The van der Waals surface area contributed by atoms with Crippen molar-refractivity contribution in [1.29, 1.82) is 0 Å². The molecule has 1 N–H and O–H groups in total. The SMILES string of the molecule is CCCCCOc1cccc(C2C(C(=O)c3ccco3)=C(O)C(=O)N2CCCN2CCOCC2)c1. The van der Waals surface area contributed by atoms with Gasteiger partial charge in [-0.1, -0.05) is 31.9 Å². The molecule has 8 nitrogen and oxygen atoms in total. The first-order valence-electron chi connectivity index (χ1n) is 12.4. The molecule has 1 aromatic heterocycles. The summed E-state index contributed by atoms with van der Waals surface area (Å²) in [5.74, 6) is -0.781. The third-order valence-electron chi connectivity index (χ3n) is 6.46. The summed E-state index contributed by atoms with van der Waals surface area (Å²) in [6.07, 6.45) is 5.27. The fourth-order valence-corrected chi connectivity index (χ4v) is 4.61. The summed E-state index contributed by atoms with van der Waals surface area (Å²) in [4.78, 5) is 30.3. The Hall–Kier alpha value is -3.10. The molecule has 1 fully saturated rings. The number of Topliss-reactive ketones (excluding diaryl/α,β-unsaturated/α-hetero) is 1. The van der Waals surface area contributed by atoms with Crippen molar-refractivity contribution in [2.24, 2.45) is 0 Å². The van der Waals surface area contributed by atoms with E-state index in [9.17, 15) is 14.7 Å². The van der Waals surface area contributed by atoms with Crippen molar-refractivity contribution in [2.45, 2.75) is 38.6 Å². The summed E-state index contributed by atoms with van der Waals surface area (Å²) >= 11 is 0. The van der Waals surface area contributed by atoms with Crippen molar-refractivity contribution in [3.8, 4) is 5.75 Å². The van der Waals surface area contributed by atoms with Gasteiger partial charge < -0.3 is 23.9 Å². The van der Waals surface area contributed by atoms with Crippen LogP contribution in [0.25, 0.3) is 0 Å². The molecule has 2 aliphatic rings. The van der Waals surface area contributed by atoms with Crippen molar-refractivity contribution >= 4 is 11.7 Å². The molecule has 0 aliphatic carbocycles. The standard InChI is InChI=1S/C27H34N2O6/c1-2-3-4-15-34-21-9-5-8-20(19-21)24-23(25(30)22-10-6-16-35-22)26(31)27(32)29(24)12-7-11-28-13-17-33-18-14-28/h5-6,8-10,16,19,24,31H,2-4,7,11-15,17-18H2,1H3. The molecule has 2 aromatic rings. The maximum Gasteiger partial charge on any atom is 0.290 e. The number of morpholine rings is 1. The molecular weight excluding hydrogens is 448 g/mol.